The average Bonchev–Trinajstić information content (AvgIpc) is 2.34. The molecule has 0 aliphatic heterocycles. The fourth-order valence-corrected chi connectivity index (χ4v) is 2.35. The van der Waals surface area contributed by atoms with E-state index in [0.29, 0.717) is 11.5 Å². The number of aromatic hydroxyl groups is 2. The third-order valence-corrected chi connectivity index (χ3v) is 3.56. The zero-order chi connectivity index (χ0) is 14.0. The molecule has 2 nitrogen and oxygen atoms in total. The molecule has 0 aliphatic carbocycles. The molecule has 0 saturated heterocycles. The van der Waals surface area contributed by atoms with Crippen LogP contribution in [-0.2, 0) is 11.8 Å². The Labute approximate surface area is 114 Å². The van der Waals surface area contributed by atoms with Gasteiger partial charge in [0, 0.05) is 0 Å². The highest BCUT2D eigenvalue weighted by Crippen LogP contribution is 2.30. The maximum absolute atomic E-state index is 9.56. The van der Waals surface area contributed by atoms with Gasteiger partial charge in [-0.25, -0.2) is 0 Å². The van der Waals surface area contributed by atoms with Crippen LogP contribution in [0.4, 0.5) is 0 Å². The second kappa shape index (κ2) is 4.96. The molecule has 19 heavy (non-hydrogen) atoms. The normalized spacial score (nSPS) is 11.5. The Kier molecular flexibility index (Phi) is 3.52. The Balaban J connectivity index is 2.25. The van der Waals surface area contributed by atoms with Crippen molar-refractivity contribution in [2.24, 2.45) is 0 Å². The number of benzene rings is 2. The molecule has 2 N–H and O–H groups in total. The highest BCUT2D eigenvalue weighted by molar-refractivity contribution is 5.37. The van der Waals surface area contributed by atoms with Gasteiger partial charge in [0.15, 0.2) is 0 Å². The molecule has 2 rings (SSSR count). The summed E-state index contributed by atoms with van der Waals surface area (Å²) in [5, 5.41) is 18.9. The molecule has 0 aromatic heterocycles. The van der Waals surface area contributed by atoms with E-state index in [9.17, 15) is 10.2 Å². The molecule has 2 aromatic rings. The summed E-state index contributed by atoms with van der Waals surface area (Å²) in [5.74, 6) is 0.631. The molecule has 0 saturated carbocycles. The van der Waals surface area contributed by atoms with E-state index in [0.717, 1.165) is 12.0 Å². The molecule has 100 valence electrons. The Bertz CT molecular complexity index is 568. The summed E-state index contributed by atoms with van der Waals surface area (Å²) in [7, 11) is 0. The third kappa shape index (κ3) is 3.08. The topological polar surface area (TPSA) is 40.5 Å². The number of phenolic OH excluding ortho intramolecular Hbond substituents is 2. The van der Waals surface area contributed by atoms with Gasteiger partial charge < -0.3 is 10.2 Å². The van der Waals surface area contributed by atoms with Crippen LogP contribution in [0.3, 0.4) is 0 Å². The van der Waals surface area contributed by atoms with Gasteiger partial charge in [0.25, 0.3) is 0 Å². The molecule has 0 heterocycles. The van der Waals surface area contributed by atoms with E-state index in [1.54, 1.807) is 18.2 Å². The van der Waals surface area contributed by atoms with Gasteiger partial charge in [0.05, 0.1) is 0 Å². The summed E-state index contributed by atoms with van der Waals surface area (Å²) in [5.41, 5.74) is 3.28. The first-order chi connectivity index (χ1) is 8.88. The molecule has 0 radical (unpaired) electrons. The largest absolute Gasteiger partial charge is 0.508 e. The lowest BCUT2D eigenvalue weighted by Crippen LogP contribution is -2.20. The van der Waals surface area contributed by atoms with Gasteiger partial charge in [-0.15, -0.1) is 0 Å². The SMILES string of the molecule is Cc1cc(CC(C)(C)c2ccc(O)cc2)ccc1O. The van der Waals surface area contributed by atoms with Crippen LogP contribution in [0.25, 0.3) is 0 Å². The fourth-order valence-electron chi connectivity index (χ4n) is 2.35. The molecule has 0 atom stereocenters. The second-order valence-electron chi connectivity index (χ2n) is 5.73. The summed E-state index contributed by atoms with van der Waals surface area (Å²) in [4.78, 5) is 0. The van der Waals surface area contributed by atoms with Crippen molar-refractivity contribution in [3.05, 3.63) is 59.2 Å². The highest BCUT2D eigenvalue weighted by Gasteiger charge is 2.21. The van der Waals surface area contributed by atoms with E-state index in [4.69, 9.17) is 0 Å². The molecule has 0 aliphatic rings. The van der Waals surface area contributed by atoms with Crippen LogP contribution in [0, 0.1) is 6.92 Å². The van der Waals surface area contributed by atoms with Crippen molar-refractivity contribution in [1.29, 1.82) is 0 Å². The van der Waals surface area contributed by atoms with Crippen molar-refractivity contribution in [2.75, 3.05) is 0 Å². The van der Waals surface area contributed by atoms with Crippen LogP contribution in [0.5, 0.6) is 11.5 Å². The fraction of sp³-hybridized carbons (Fsp3) is 0.294. The Morgan fingerprint density at radius 1 is 0.947 bits per heavy atom. The number of hydrogen-bond donors (Lipinski definition) is 2. The van der Waals surface area contributed by atoms with Crippen LogP contribution in [-0.4, -0.2) is 10.2 Å². The quantitative estimate of drug-likeness (QED) is 0.873. The van der Waals surface area contributed by atoms with Crippen molar-refractivity contribution in [3.63, 3.8) is 0 Å². The molecule has 0 fully saturated rings. The summed E-state index contributed by atoms with van der Waals surface area (Å²) >= 11 is 0. The van der Waals surface area contributed by atoms with Gasteiger partial charge in [0.1, 0.15) is 11.5 Å². The zero-order valence-corrected chi connectivity index (χ0v) is 11.6. The summed E-state index contributed by atoms with van der Waals surface area (Å²) in [6.45, 7) is 6.27. The number of hydrogen-bond acceptors (Lipinski definition) is 2. The number of phenols is 2. The summed E-state index contributed by atoms with van der Waals surface area (Å²) < 4.78 is 0. The smallest absolute Gasteiger partial charge is 0.118 e. The standard InChI is InChI=1S/C17H20O2/c1-12-10-13(4-9-16(12)19)11-17(2,3)14-5-7-15(18)8-6-14/h4-10,18-19H,11H2,1-3H3. The minimum absolute atomic E-state index is 0.0168. The highest BCUT2D eigenvalue weighted by atomic mass is 16.3. The zero-order valence-electron chi connectivity index (χ0n) is 11.6. The maximum atomic E-state index is 9.56. The monoisotopic (exact) mass is 256 g/mol. The van der Waals surface area contributed by atoms with Crippen LogP contribution >= 0.6 is 0 Å². The molecular formula is C17H20O2. The first kappa shape index (κ1) is 13.5. The molecule has 0 amide bonds. The van der Waals surface area contributed by atoms with E-state index in [-0.39, 0.29) is 5.41 Å². The van der Waals surface area contributed by atoms with Gasteiger partial charge in [-0.2, -0.15) is 0 Å². The Morgan fingerprint density at radius 3 is 2.16 bits per heavy atom. The summed E-state index contributed by atoms with van der Waals surface area (Å²) in [6.07, 6.45) is 0.888. The maximum Gasteiger partial charge on any atom is 0.118 e. The predicted octanol–water partition coefficient (Wildman–Crippen LogP) is 3.93. The number of rotatable bonds is 3. The third-order valence-electron chi connectivity index (χ3n) is 3.56. The van der Waals surface area contributed by atoms with Gasteiger partial charge in [-0.1, -0.05) is 38.1 Å². The van der Waals surface area contributed by atoms with Gasteiger partial charge >= 0.3 is 0 Å². The lowest BCUT2D eigenvalue weighted by molar-refractivity contribution is 0.468. The van der Waals surface area contributed by atoms with Crippen LogP contribution in [0.2, 0.25) is 0 Å². The predicted molar refractivity (Wildman–Crippen MR) is 77.7 cm³/mol. The van der Waals surface area contributed by atoms with Gasteiger partial charge in [-0.3, -0.25) is 0 Å². The molecule has 2 aromatic carbocycles. The lowest BCUT2D eigenvalue weighted by atomic mass is 9.79. The first-order valence-corrected chi connectivity index (χ1v) is 6.46. The second-order valence-corrected chi connectivity index (χ2v) is 5.73. The van der Waals surface area contributed by atoms with E-state index >= 15 is 0 Å². The Morgan fingerprint density at radius 2 is 1.58 bits per heavy atom. The first-order valence-electron chi connectivity index (χ1n) is 6.46. The van der Waals surface area contributed by atoms with E-state index in [1.807, 2.05) is 31.2 Å². The van der Waals surface area contributed by atoms with Crippen molar-refractivity contribution in [3.8, 4) is 11.5 Å². The molecule has 0 bridgehead atoms. The Hall–Kier alpha value is -1.96. The van der Waals surface area contributed by atoms with Crippen LogP contribution < -0.4 is 0 Å². The van der Waals surface area contributed by atoms with Gasteiger partial charge in [0.2, 0.25) is 0 Å². The van der Waals surface area contributed by atoms with E-state index in [1.165, 1.54) is 11.1 Å². The lowest BCUT2D eigenvalue weighted by Gasteiger charge is -2.25. The molecular weight excluding hydrogens is 236 g/mol. The molecule has 0 unspecified atom stereocenters. The summed E-state index contributed by atoms with van der Waals surface area (Å²) in [6, 6.07) is 13.1. The minimum Gasteiger partial charge on any atom is -0.508 e. The molecule has 0 spiro atoms. The van der Waals surface area contributed by atoms with Crippen molar-refractivity contribution >= 4 is 0 Å². The van der Waals surface area contributed by atoms with Crippen molar-refractivity contribution < 1.29 is 10.2 Å². The van der Waals surface area contributed by atoms with E-state index < -0.39 is 0 Å². The minimum atomic E-state index is -0.0168. The van der Waals surface area contributed by atoms with Crippen LogP contribution in [0.1, 0.15) is 30.5 Å². The molecule has 2 heteroatoms. The van der Waals surface area contributed by atoms with Crippen molar-refractivity contribution in [1.82, 2.24) is 0 Å². The van der Waals surface area contributed by atoms with Gasteiger partial charge in [-0.05, 0) is 53.6 Å². The van der Waals surface area contributed by atoms with E-state index in [2.05, 4.69) is 13.8 Å². The van der Waals surface area contributed by atoms with Crippen molar-refractivity contribution in [2.45, 2.75) is 32.6 Å². The van der Waals surface area contributed by atoms with Crippen LogP contribution in [0.15, 0.2) is 42.5 Å². The average molecular weight is 256 g/mol. The number of aryl methyl sites for hydroxylation is 1.